The van der Waals surface area contributed by atoms with Gasteiger partial charge in [-0.2, -0.15) is 0 Å². The fourth-order valence-electron chi connectivity index (χ4n) is 2.59. The summed E-state index contributed by atoms with van der Waals surface area (Å²) in [7, 11) is 0. The van der Waals surface area contributed by atoms with Gasteiger partial charge in [-0.25, -0.2) is 4.98 Å². The maximum Gasteiger partial charge on any atom is 0.213 e. The number of likely N-dealkylation sites (tertiary alicyclic amines) is 1. The van der Waals surface area contributed by atoms with Gasteiger partial charge in [0.05, 0.1) is 6.61 Å². The molecule has 0 amide bonds. The summed E-state index contributed by atoms with van der Waals surface area (Å²) in [5.74, 6) is 0.727. The SMILES string of the molecule is CCOc1ccc([C@H]2CCCN2C(C)C)cn1. The van der Waals surface area contributed by atoms with Crippen LogP contribution < -0.4 is 4.74 Å². The van der Waals surface area contributed by atoms with Gasteiger partial charge >= 0.3 is 0 Å². The summed E-state index contributed by atoms with van der Waals surface area (Å²) in [6.45, 7) is 8.39. The van der Waals surface area contributed by atoms with Gasteiger partial charge in [0.25, 0.3) is 0 Å². The first kappa shape index (κ1) is 12.4. The van der Waals surface area contributed by atoms with Gasteiger partial charge in [0, 0.05) is 24.3 Å². The largest absolute Gasteiger partial charge is 0.478 e. The summed E-state index contributed by atoms with van der Waals surface area (Å²) in [6.07, 6.45) is 4.50. The average molecular weight is 234 g/mol. The predicted molar refractivity (Wildman–Crippen MR) is 69.2 cm³/mol. The first-order chi connectivity index (χ1) is 8.22. The van der Waals surface area contributed by atoms with Crippen LogP contribution in [-0.2, 0) is 0 Å². The lowest BCUT2D eigenvalue weighted by Gasteiger charge is -2.28. The normalized spacial score (nSPS) is 21.1. The third-order valence-electron chi connectivity index (χ3n) is 3.39. The van der Waals surface area contributed by atoms with Crippen LogP contribution in [0, 0.1) is 0 Å². The summed E-state index contributed by atoms with van der Waals surface area (Å²) in [6, 6.07) is 5.28. The van der Waals surface area contributed by atoms with Gasteiger partial charge in [-0.05, 0) is 45.7 Å². The molecule has 0 unspecified atom stereocenters. The molecule has 0 saturated carbocycles. The van der Waals surface area contributed by atoms with Crippen LogP contribution >= 0.6 is 0 Å². The molecule has 1 atom stereocenters. The lowest BCUT2D eigenvalue weighted by molar-refractivity contribution is 0.205. The number of hydrogen-bond donors (Lipinski definition) is 0. The van der Waals surface area contributed by atoms with Crippen LogP contribution in [0.15, 0.2) is 18.3 Å². The third-order valence-corrected chi connectivity index (χ3v) is 3.39. The van der Waals surface area contributed by atoms with Crippen molar-refractivity contribution in [3.05, 3.63) is 23.9 Å². The lowest BCUT2D eigenvalue weighted by atomic mass is 10.1. The Balaban J connectivity index is 2.11. The molecule has 17 heavy (non-hydrogen) atoms. The van der Waals surface area contributed by atoms with E-state index in [1.54, 1.807) is 0 Å². The highest BCUT2D eigenvalue weighted by atomic mass is 16.5. The van der Waals surface area contributed by atoms with Crippen molar-refractivity contribution in [1.82, 2.24) is 9.88 Å². The molecule has 2 rings (SSSR count). The van der Waals surface area contributed by atoms with Crippen LogP contribution in [0.4, 0.5) is 0 Å². The average Bonchev–Trinajstić information content (AvgIpc) is 2.79. The number of rotatable bonds is 4. The molecule has 3 nitrogen and oxygen atoms in total. The fourth-order valence-corrected chi connectivity index (χ4v) is 2.59. The fraction of sp³-hybridized carbons (Fsp3) is 0.643. The van der Waals surface area contributed by atoms with Crippen molar-refractivity contribution in [2.24, 2.45) is 0 Å². The number of pyridine rings is 1. The van der Waals surface area contributed by atoms with Gasteiger partial charge in [0.2, 0.25) is 5.88 Å². The van der Waals surface area contributed by atoms with Crippen LogP contribution in [0.2, 0.25) is 0 Å². The molecular weight excluding hydrogens is 212 g/mol. The van der Waals surface area contributed by atoms with Crippen molar-refractivity contribution in [3.63, 3.8) is 0 Å². The van der Waals surface area contributed by atoms with E-state index in [-0.39, 0.29) is 0 Å². The first-order valence-corrected chi connectivity index (χ1v) is 6.57. The van der Waals surface area contributed by atoms with Crippen molar-refractivity contribution >= 4 is 0 Å². The van der Waals surface area contributed by atoms with Gasteiger partial charge in [0.15, 0.2) is 0 Å². The predicted octanol–water partition coefficient (Wildman–Crippen LogP) is 3.03. The lowest BCUT2D eigenvalue weighted by Crippen LogP contribution is -2.30. The van der Waals surface area contributed by atoms with E-state index in [1.165, 1.54) is 24.9 Å². The summed E-state index contributed by atoms with van der Waals surface area (Å²) in [5, 5.41) is 0. The monoisotopic (exact) mass is 234 g/mol. The minimum absolute atomic E-state index is 0.540. The Morgan fingerprint density at radius 2 is 2.29 bits per heavy atom. The molecule has 0 aromatic carbocycles. The topological polar surface area (TPSA) is 25.4 Å². The molecule has 1 saturated heterocycles. The minimum Gasteiger partial charge on any atom is -0.478 e. The van der Waals surface area contributed by atoms with Gasteiger partial charge in [-0.1, -0.05) is 6.07 Å². The maximum absolute atomic E-state index is 5.37. The van der Waals surface area contributed by atoms with E-state index >= 15 is 0 Å². The van der Waals surface area contributed by atoms with Crippen molar-refractivity contribution in [2.75, 3.05) is 13.2 Å². The standard InChI is InChI=1S/C14H22N2O/c1-4-17-14-8-7-12(10-15-14)13-6-5-9-16(13)11(2)3/h7-8,10-11,13H,4-6,9H2,1-3H3/t13-/m1/s1. The van der Waals surface area contributed by atoms with Crippen molar-refractivity contribution in [2.45, 2.75) is 45.7 Å². The maximum atomic E-state index is 5.37. The van der Waals surface area contributed by atoms with E-state index in [1.807, 2.05) is 19.2 Å². The van der Waals surface area contributed by atoms with Gasteiger partial charge in [-0.15, -0.1) is 0 Å². The smallest absolute Gasteiger partial charge is 0.213 e. The number of nitrogens with zero attached hydrogens (tertiary/aromatic N) is 2. The molecular formula is C14H22N2O. The molecule has 1 aliphatic rings. The van der Waals surface area contributed by atoms with Crippen molar-refractivity contribution in [3.8, 4) is 5.88 Å². The molecule has 3 heteroatoms. The Bertz CT molecular complexity index is 348. The number of ether oxygens (including phenoxy) is 1. The van der Waals surface area contributed by atoms with Crippen LogP contribution in [-0.4, -0.2) is 29.1 Å². The second kappa shape index (κ2) is 5.50. The molecule has 1 aliphatic heterocycles. The molecule has 0 aliphatic carbocycles. The van der Waals surface area contributed by atoms with Gasteiger partial charge < -0.3 is 4.74 Å². The zero-order valence-corrected chi connectivity index (χ0v) is 11.0. The Hall–Kier alpha value is -1.09. The molecule has 0 N–H and O–H groups in total. The zero-order chi connectivity index (χ0) is 12.3. The summed E-state index contributed by atoms with van der Waals surface area (Å²) in [5.41, 5.74) is 1.32. The van der Waals surface area contributed by atoms with Crippen LogP contribution in [0.25, 0.3) is 0 Å². The summed E-state index contributed by atoms with van der Waals surface area (Å²) >= 11 is 0. The first-order valence-electron chi connectivity index (χ1n) is 6.57. The quantitative estimate of drug-likeness (QED) is 0.800. The summed E-state index contributed by atoms with van der Waals surface area (Å²) < 4.78 is 5.37. The minimum atomic E-state index is 0.540. The molecule has 2 heterocycles. The zero-order valence-electron chi connectivity index (χ0n) is 11.0. The van der Waals surface area contributed by atoms with Crippen LogP contribution in [0.5, 0.6) is 5.88 Å². The van der Waals surface area contributed by atoms with Crippen LogP contribution in [0.3, 0.4) is 0 Å². The summed E-state index contributed by atoms with van der Waals surface area (Å²) in [4.78, 5) is 6.91. The molecule has 1 fully saturated rings. The van der Waals surface area contributed by atoms with Gasteiger partial charge in [0.1, 0.15) is 0 Å². The molecule has 94 valence electrons. The van der Waals surface area contributed by atoms with Crippen molar-refractivity contribution in [1.29, 1.82) is 0 Å². The van der Waals surface area contributed by atoms with Crippen molar-refractivity contribution < 1.29 is 4.74 Å². The van der Waals surface area contributed by atoms with E-state index in [4.69, 9.17) is 4.74 Å². The Kier molecular flexibility index (Phi) is 4.00. The van der Waals surface area contributed by atoms with E-state index in [2.05, 4.69) is 29.8 Å². The Morgan fingerprint density at radius 1 is 1.47 bits per heavy atom. The molecule has 1 aromatic rings. The van der Waals surface area contributed by atoms with Crippen LogP contribution in [0.1, 0.15) is 45.2 Å². The highest BCUT2D eigenvalue weighted by Crippen LogP contribution is 2.33. The van der Waals surface area contributed by atoms with E-state index in [9.17, 15) is 0 Å². The Morgan fingerprint density at radius 3 is 2.88 bits per heavy atom. The molecule has 0 radical (unpaired) electrons. The Labute approximate surface area is 104 Å². The third kappa shape index (κ3) is 2.78. The molecule has 0 spiro atoms. The van der Waals surface area contributed by atoms with E-state index in [0.717, 1.165) is 5.88 Å². The second-order valence-electron chi connectivity index (χ2n) is 4.85. The highest BCUT2D eigenvalue weighted by Gasteiger charge is 2.27. The second-order valence-corrected chi connectivity index (χ2v) is 4.85. The molecule has 1 aromatic heterocycles. The van der Waals surface area contributed by atoms with E-state index in [0.29, 0.717) is 18.7 Å². The van der Waals surface area contributed by atoms with E-state index < -0.39 is 0 Å². The number of aromatic nitrogens is 1. The highest BCUT2D eigenvalue weighted by molar-refractivity contribution is 5.21. The molecule has 0 bridgehead atoms. The number of hydrogen-bond acceptors (Lipinski definition) is 3. The van der Waals surface area contributed by atoms with Gasteiger partial charge in [-0.3, -0.25) is 4.90 Å².